The minimum absolute atomic E-state index is 0.227. The van der Waals surface area contributed by atoms with E-state index >= 15 is 0 Å². The molecule has 0 aliphatic heterocycles. The monoisotopic (exact) mass is 316 g/mol. The lowest BCUT2D eigenvalue weighted by Gasteiger charge is -2.08. The highest BCUT2D eigenvalue weighted by Gasteiger charge is 2.11. The van der Waals surface area contributed by atoms with Crippen LogP contribution in [0.4, 0.5) is 5.82 Å². The third kappa shape index (κ3) is 3.62. The fourth-order valence-corrected chi connectivity index (χ4v) is 2.59. The van der Waals surface area contributed by atoms with E-state index in [1.165, 1.54) is 24.0 Å². The summed E-state index contributed by atoms with van der Waals surface area (Å²) >= 11 is 13.3. The molecule has 5 nitrogen and oxygen atoms in total. The lowest BCUT2D eigenvalue weighted by molar-refractivity contribution is 0.931. The van der Waals surface area contributed by atoms with E-state index in [4.69, 9.17) is 23.2 Å². The Morgan fingerprint density at radius 2 is 2.21 bits per heavy atom. The number of hydrogen-bond donors (Lipinski definition) is 2. The number of anilines is 1. The van der Waals surface area contributed by atoms with Crippen molar-refractivity contribution in [3.8, 4) is 0 Å². The van der Waals surface area contributed by atoms with Gasteiger partial charge in [0.05, 0.1) is 10.0 Å². The molecule has 0 aliphatic rings. The van der Waals surface area contributed by atoms with Gasteiger partial charge in [-0.1, -0.05) is 23.2 Å². The van der Waals surface area contributed by atoms with Gasteiger partial charge in [-0.3, -0.25) is 4.79 Å². The van der Waals surface area contributed by atoms with Crippen molar-refractivity contribution in [1.29, 1.82) is 0 Å². The average molecular weight is 317 g/mol. The van der Waals surface area contributed by atoms with Crippen molar-refractivity contribution in [3.05, 3.63) is 38.7 Å². The van der Waals surface area contributed by atoms with E-state index in [-0.39, 0.29) is 5.56 Å². The van der Waals surface area contributed by atoms with Gasteiger partial charge in [0.25, 0.3) is 5.56 Å². The predicted octanol–water partition coefficient (Wildman–Crippen LogP) is 3.05. The Morgan fingerprint density at radius 1 is 1.42 bits per heavy atom. The second-order valence-corrected chi connectivity index (χ2v) is 5.27. The van der Waals surface area contributed by atoms with Gasteiger partial charge in [0.2, 0.25) is 0 Å². The maximum absolute atomic E-state index is 11.2. The van der Waals surface area contributed by atoms with E-state index < -0.39 is 0 Å². The summed E-state index contributed by atoms with van der Waals surface area (Å²) in [6, 6.07) is 2.95. The van der Waals surface area contributed by atoms with Gasteiger partial charge < -0.3 is 10.3 Å². The first-order chi connectivity index (χ1) is 9.10. The molecular weight excluding hydrogens is 307 g/mol. The maximum Gasteiger partial charge on any atom is 0.251 e. The molecule has 0 bridgehead atoms. The fourth-order valence-electron chi connectivity index (χ4n) is 1.31. The molecule has 0 saturated carbocycles. The molecule has 2 N–H and O–H groups in total. The number of hydrogen-bond acceptors (Lipinski definition) is 5. The lowest BCUT2D eigenvalue weighted by atomic mass is 10.4. The van der Waals surface area contributed by atoms with Crippen LogP contribution in [-0.4, -0.2) is 21.5 Å². The molecular formula is C11H10Cl2N4OS. The van der Waals surface area contributed by atoms with Gasteiger partial charge in [0.1, 0.15) is 10.8 Å². The first kappa shape index (κ1) is 14.2. The van der Waals surface area contributed by atoms with Crippen molar-refractivity contribution >= 4 is 40.8 Å². The van der Waals surface area contributed by atoms with Crippen LogP contribution in [0, 0.1) is 0 Å². The Hall–Kier alpha value is -1.24. The number of nitrogens with one attached hydrogen (secondary N) is 2. The van der Waals surface area contributed by atoms with Crippen LogP contribution in [0.5, 0.6) is 0 Å². The molecule has 0 radical (unpaired) electrons. The van der Waals surface area contributed by atoms with Crippen molar-refractivity contribution in [2.45, 2.75) is 17.1 Å². The van der Waals surface area contributed by atoms with Gasteiger partial charge in [0, 0.05) is 18.8 Å². The van der Waals surface area contributed by atoms with Crippen molar-refractivity contribution in [2.24, 2.45) is 0 Å². The van der Waals surface area contributed by atoms with E-state index in [9.17, 15) is 4.79 Å². The predicted molar refractivity (Wildman–Crippen MR) is 77.4 cm³/mol. The van der Waals surface area contributed by atoms with Crippen LogP contribution in [0.2, 0.25) is 10.0 Å². The molecule has 0 amide bonds. The second-order valence-electron chi connectivity index (χ2n) is 3.48. The number of pyridine rings is 1. The van der Waals surface area contributed by atoms with Gasteiger partial charge in [0.15, 0.2) is 5.16 Å². The molecule has 2 heterocycles. The Labute approximate surface area is 123 Å². The Morgan fingerprint density at radius 3 is 2.89 bits per heavy atom. The molecule has 2 aromatic rings. The van der Waals surface area contributed by atoms with Crippen molar-refractivity contribution in [2.75, 3.05) is 11.9 Å². The molecule has 0 saturated heterocycles. The SMILES string of the molecule is CCNc1nc(Sc2nccc(=O)[nH]2)c(Cl)cc1Cl. The standard InChI is InChI=1S/C11H10Cl2N4OS/c1-2-14-9-6(12)5-7(13)10(17-9)19-11-15-4-3-8(18)16-11/h3-5H,2H2,1H3,(H,14,17)(H,15,16,18). The highest BCUT2D eigenvalue weighted by molar-refractivity contribution is 7.99. The fraction of sp³-hybridized carbons (Fsp3) is 0.182. The molecule has 2 aromatic heterocycles. The van der Waals surface area contributed by atoms with Crippen LogP contribution >= 0.6 is 35.0 Å². The summed E-state index contributed by atoms with van der Waals surface area (Å²) in [6.07, 6.45) is 1.43. The number of aromatic amines is 1. The largest absolute Gasteiger partial charge is 0.369 e. The van der Waals surface area contributed by atoms with Gasteiger partial charge in [-0.25, -0.2) is 9.97 Å². The first-order valence-corrected chi connectivity index (χ1v) is 7.00. The van der Waals surface area contributed by atoms with Gasteiger partial charge in [-0.05, 0) is 24.8 Å². The number of halogens is 2. The van der Waals surface area contributed by atoms with Crippen LogP contribution in [0.3, 0.4) is 0 Å². The smallest absolute Gasteiger partial charge is 0.251 e. The van der Waals surface area contributed by atoms with Crippen LogP contribution in [-0.2, 0) is 0 Å². The minimum atomic E-state index is -0.227. The highest BCUT2D eigenvalue weighted by atomic mass is 35.5. The molecule has 0 atom stereocenters. The topological polar surface area (TPSA) is 70.7 Å². The molecule has 0 fully saturated rings. The highest BCUT2D eigenvalue weighted by Crippen LogP contribution is 2.33. The molecule has 0 unspecified atom stereocenters. The second kappa shape index (κ2) is 6.27. The average Bonchev–Trinajstić information content (AvgIpc) is 2.35. The zero-order valence-corrected chi connectivity index (χ0v) is 12.2. The zero-order chi connectivity index (χ0) is 13.8. The number of nitrogens with zero attached hydrogens (tertiary/aromatic N) is 2. The summed E-state index contributed by atoms with van der Waals surface area (Å²) in [5.74, 6) is 0.550. The van der Waals surface area contributed by atoms with Crippen LogP contribution in [0.1, 0.15) is 6.92 Å². The Balaban J connectivity index is 2.34. The van der Waals surface area contributed by atoms with Crippen LogP contribution in [0.25, 0.3) is 0 Å². The van der Waals surface area contributed by atoms with Gasteiger partial charge in [-0.2, -0.15) is 0 Å². The summed E-state index contributed by atoms with van der Waals surface area (Å²) in [7, 11) is 0. The molecule has 100 valence electrons. The van der Waals surface area contributed by atoms with Gasteiger partial charge in [-0.15, -0.1) is 0 Å². The van der Waals surface area contributed by atoms with E-state index in [0.29, 0.717) is 32.6 Å². The van der Waals surface area contributed by atoms with Crippen molar-refractivity contribution < 1.29 is 0 Å². The number of aromatic nitrogens is 3. The van der Waals surface area contributed by atoms with E-state index in [0.717, 1.165) is 0 Å². The third-order valence-corrected chi connectivity index (χ3v) is 3.68. The summed E-state index contributed by atoms with van der Waals surface area (Å²) < 4.78 is 0. The molecule has 2 rings (SSSR count). The molecule has 0 spiro atoms. The minimum Gasteiger partial charge on any atom is -0.369 e. The Kier molecular flexibility index (Phi) is 4.68. The first-order valence-electron chi connectivity index (χ1n) is 5.43. The summed E-state index contributed by atoms with van der Waals surface area (Å²) in [6.45, 7) is 2.63. The van der Waals surface area contributed by atoms with Gasteiger partial charge >= 0.3 is 0 Å². The summed E-state index contributed by atoms with van der Waals surface area (Å²) in [5, 5.41) is 4.84. The number of H-pyrrole nitrogens is 1. The zero-order valence-electron chi connectivity index (χ0n) is 9.91. The summed E-state index contributed by atoms with van der Waals surface area (Å²) in [5.41, 5.74) is -0.227. The van der Waals surface area contributed by atoms with Crippen molar-refractivity contribution in [1.82, 2.24) is 15.0 Å². The molecule has 0 aliphatic carbocycles. The van der Waals surface area contributed by atoms with Crippen LogP contribution < -0.4 is 10.9 Å². The maximum atomic E-state index is 11.2. The molecule has 8 heteroatoms. The van der Waals surface area contributed by atoms with E-state index in [1.54, 1.807) is 6.07 Å². The molecule has 19 heavy (non-hydrogen) atoms. The van der Waals surface area contributed by atoms with Crippen LogP contribution in [0.15, 0.2) is 33.3 Å². The third-order valence-electron chi connectivity index (χ3n) is 2.08. The quantitative estimate of drug-likeness (QED) is 0.848. The van der Waals surface area contributed by atoms with Crippen molar-refractivity contribution in [3.63, 3.8) is 0 Å². The Bertz CT molecular complexity index is 647. The lowest BCUT2D eigenvalue weighted by Crippen LogP contribution is -2.05. The van der Waals surface area contributed by atoms with E-state index in [1.807, 2.05) is 6.92 Å². The number of rotatable bonds is 4. The molecule has 0 aromatic carbocycles. The summed E-state index contributed by atoms with van der Waals surface area (Å²) in [4.78, 5) is 22.1. The van der Waals surface area contributed by atoms with E-state index in [2.05, 4.69) is 20.3 Å². The normalized spacial score (nSPS) is 10.5.